The maximum Gasteiger partial charge on any atom is 0.194 e. The molecular formula is C19H26FN5O. The monoisotopic (exact) mass is 359 g/mol. The van der Waals surface area contributed by atoms with Crippen molar-refractivity contribution in [2.75, 3.05) is 19.6 Å². The smallest absolute Gasteiger partial charge is 0.194 e. The molecule has 0 spiro atoms. The zero-order chi connectivity index (χ0) is 18.5. The van der Waals surface area contributed by atoms with E-state index in [1.54, 1.807) is 16.8 Å². The number of nitrogens with zero attached hydrogens (tertiary/aromatic N) is 4. The van der Waals surface area contributed by atoms with Gasteiger partial charge < -0.3 is 15.0 Å². The number of aromatic nitrogens is 2. The van der Waals surface area contributed by atoms with Crippen molar-refractivity contribution in [2.24, 2.45) is 12.0 Å². The van der Waals surface area contributed by atoms with E-state index in [-0.39, 0.29) is 18.0 Å². The van der Waals surface area contributed by atoms with Crippen LogP contribution in [0.2, 0.25) is 0 Å². The maximum absolute atomic E-state index is 13.2. The predicted octanol–water partition coefficient (Wildman–Crippen LogP) is 2.49. The number of guanidine groups is 1. The lowest BCUT2D eigenvalue weighted by atomic mass is 10.1. The molecule has 1 aliphatic rings. The van der Waals surface area contributed by atoms with E-state index in [4.69, 9.17) is 9.73 Å². The zero-order valence-electron chi connectivity index (χ0n) is 15.5. The zero-order valence-corrected chi connectivity index (χ0v) is 15.5. The van der Waals surface area contributed by atoms with Gasteiger partial charge in [0, 0.05) is 31.9 Å². The molecule has 1 aromatic heterocycles. The summed E-state index contributed by atoms with van der Waals surface area (Å²) in [6.07, 6.45) is 3.75. The molecule has 6 nitrogen and oxygen atoms in total. The van der Waals surface area contributed by atoms with Gasteiger partial charge in [-0.1, -0.05) is 12.1 Å². The van der Waals surface area contributed by atoms with E-state index in [0.717, 1.165) is 30.2 Å². The van der Waals surface area contributed by atoms with Gasteiger partial charge in [-0.3, -0.25) is 4.68 Å². The molecule has 1 aromatic carbocycles. The predicted molar refractivity (Wildman–Crippen MR) is 99.3 cm³/mol. The molecule has 1 aliphatic heterocycles. The molecule has 1 fully saturated rings. The standard InChI is InChI=1S/C19H26FN5O/c1-4-21-19(22-9-15-10-23-24(3)12-15)25-11-14(2)26-18(13-25)16-5-7-17(20)8-6-16/h5-8,10,12,14,18H,4,9,11,13H2,1-3H3,(H,21,22). The quantitative estimate of drug-likeness (QED) is 0.673. The Morgan fingerprint density at radius 1 is 1.35 bits per heavy atom. The third-order valence-electron chi connectivity index (χ3n) is 4.31. The summed E-state index contributed by atoms with van der Waals surface area (Å²) in [4.78, 5) is 6.97. The molecule has 1 N–H and O–H groups in total. The van der Waals surface area contributed by atoms with E-state index in [1.165, 1.54) is 12.1 Å². The Morgan fingerprint density at radius 3 is 2.77 bits per heavy atom. The van der Waals surface area contributed by atoms with Gasteiger partial charge in [-0.05, 0) is 31.5 Å². The number of aliphatic imine (C=N–C) groups is 1. The van der Waals surface area contributed by atoms with E-state index in [1.807, 2.05) is 26.4 Å². The van der Waals surface area contributed by atoms with Gasteiger partial charge in [-0.15, -0.1) is 0 Å². The number of nitrogens with one attached hydrogen (secondary N) is 1. The third kappa shape index (κ3) is 4.60. The largest absolute Gasteiger partial charge is 0.367 e. The first-order valence-corrected chi connectivity index (χ1v) is 8.97. The summed E-state index contributed by atoms with van der Waals surface area (Å²) in [6, 6.07) is 6.53. The Kier molecular flexibility index (Phi) is 5.88. The minimum absolute atomic E-state index is 0.0565. The Balaban J connectivity index is 1.75. The van der Waals surface area contributed by atoms with E-state index in [2.05, 4.69) is 22.2 Å². The maximum atomic E-state index is 13.2. The molecular weight excluding hydrogens is 333 g/mol. The molecule has 0 radical (unpaired) electrons. The van der Waals surface area contributed by atoms with Gasteiger partial charge in [0.2, 0.25) is 0 Å². The van der Waals surface area contributed by atoms with Gasteiger partial charge in [0.05, 0.1) is 25.4 Å². The average Bonchev–Trinajstić information content (AvgIpc) is 3.04. The molecule has 0 aliphatic carbocycles. The fourth-order valence-corrected chi connectivity index (χ4v) is 3.13. The second-order valence-corrected chi connectivity index (χ2v) is 6.58. The topological polar surface area (TPSA) is 54.7 Å². The van der Waals surface area contributed by atoms with Crippen molar-refractivity contribution in [3.8, 4) is 0 Å². The number of halogens is 1. The Labute approximate surface area is 153 Å². The highest BCUT2D eigenvalue weighted by atomic mass is 19.1. The molecule has 2 unspecified atom stereocenters. The number of aryl methyl sites for hydroxylation is 1. The van der Waals surface area contributed by atoms with Gasteiger partial charge in [0.1, 0.15) is 11.9 Å². The summed E-state index contributed by atoms with van der Waals surface area (Å²) in [5.74, 6) is 0.624. The van der Waals surface area contributed by atoms with Crippen LogP contribution in [0.5, 0.6) is 0 Å². The molecule has 7 heteroatoms. The first kappa shape index (κ1) is 18.4. The summed E-state index contributed by atoms with van der Waals surface area (Å²) in [7, 11) is 1.90. The highest BCUT2D eigenvalue weighted by Crippen LogP contribution is 2.25. The molecule has 2 atom stereocenters. The van der Waals surface area contributed by atoms with E-state index in [0.29, 0.717) is 13.1 Å². The molecule has 3 rings (SSSR count). The number of benzene rings is 1. The molecule has 26 heavy (non-hydrogen) atoms. The molecule has 140 valence electrons. The Hall–Kier alpha value is -2.41. The van der Waals surface area contributed by atoms with Crippen molar-refractivity contribution in [3.63, 3.8) is 0 Å². The van der Waals surface area contributed by atoms with Gasteiger partial charge in [0.25, 0.3) is 0 Å². The van der Waals surface area contributed by atoms with Crippen molar-refractivity contribution in [1.29, 1.82) is 0 Å². The fourth-order valence-electron chi connectivity index (χ4n) is 3.13. The summed E-state index contributed by atoms with van der Waals surface area (Å²) >= 11 is 0. The normalized spacial score (nSPS) is 21.1. The second-order valence-electron chi connectivity index (χ2n) is 6.58. The lowest BCUT2D eigenvalue weighted by molar-refractivity contribution is -0.0605. The number of morpholine rings is 1. The van der Waals surface area contributed by atoms with Crippen LogP contribution in [0.1, 0.15) is 31.1 Å². The molecule has 0 bridgehead atoms. The number of hydrogen-bond acceptors (Lipinski definition) is 3. The van der Waals surface area contributed by atoms with E-state index >= 15 is 0 Å². The summed E-state index contributed by atoms with van der Waals surface area (Å²) < 4.78 is 21.1. The SMILES string of the molecule is CCNC(=NCc1cnn(C)c1)N1CC(C)OC(c2ccc(F)cc2)C1. The van der Waals surface area contributed by atoms with Crippen LogP contribution in [-0.4, -0.2) is 46.4 Å². The van der Waals surface area contributed by atoms with Gasteiger partial charge in [0.15, 0.2) is 5.96 Å². The molecule has 1 saturated heterocycles. The minimum Gasteiger partial charge on any atom is -0.367 e. The van der Waals surface area contributed by atoms with Crippen LogP contribution in [-0.2, 0) is 18.3 Å². The lowest BCUT2D eigenvalue weighted by Gasteiger charge is -2.38. The van der Waals surface area contributed by atoms with Crippen molar-refractivity contribution >= 4 is 5.96 Å². The van der Waals surface area contributed by atoms with Crippen molar-refractivity contribution < 1.29 is 9.13 Å². The van der Waals surface area contributed by atoms with E-state index in [9.17, 15) is 4.39 Å². The first-order chi connectivity index (χ1) is 12.5. The van der Waals surface area contributed by atoms with E-state index < -0.39 is 0 Å². The van der Waals surface area contributed by atoms with Crippen LogP contribution >= 0.6 is 0 Å². The average molecular weight is 359 g/mol. The van der Waals surface area contributed by atoms with Crippen LogP contribution in [0.25, 0.3) is 0 Å². The molecule has 0 amide bonds. The first-order valence-electron chi connectivity index (χ1n) is 8.97. The van der Waals surface area contributed by atoms with Crippen LogP contribution in [0, 0.1) is 5.82 Å². The number of rotatable bonds is 4. The van der Waals surface area contributed by atoms with Crippen LogP contribution < -0.4 is 5.32 Å². The Bertz CT molecular complexity index is 743. The van der Waals surface area contributed by atoms with Crippen LogP contribution in [0.15, 0.2) is 41.7 Å². The molecule has 2 heterocycles. The summed E-state index contributed by atoms with van der Waals surface area (Å²) in [6.45, 7) is 6.90. The summed E-state index contributed by atoms with van der Waals surface area (Å²) in [5, 5.41) is 7.55. The van der Waals surface area contributed by atoms with Crippen LogP contribution in [0.4, 0.5) is 4.39 Å². The van der Waals surface area contributed by atoms with Crippen LogP contribution in [0.3, 0.4) is 0 Å². The molecule has 2 aromatic rings. The minimum atomic E-state index is -0.235. The van der Waals surface area contributed by atoms with Crippen molar-refractivity contribution in [1.82, 2.24) is 20.0 Å². The Morgan fingerprint density at radius 2 is 2.12 bits per heavy atom. The number of hydrogen-bond donors (Lipinski definition) is 1. The third-order valence-corrected chi connectivity index (χ3v) is 4.31. The van der Waals surface area contributed by atoms with Gasteiger partial charge >= 0.3 is 0 Å². The molecule has 0 saturated carbocycles. The van der Waals surface area contributed by atoms with Crippen molar-refractivity contribution in [3.05, 3.63) is 53.6 Å². The fraction of sp³-hybridized carbons (Fsp3) is 0.474. The van der Waals surface area contributed by atoms with Gasteiger partial charge in [-0.2, -0.15) is 5.10 Å². The second kappa shape index (κ2) is 8.31. The van der Waals surface area contributed by atoms with Gasteiger partial charge in [-0.25, -0.2) is 9.38 Å². The highest BCUT2D eigenvalue weighted by Gasteiger charge is 2.28. The summed E-state index contributed by atoms with van der Waals surface area (Å²) in [5.41, 5.74) is 2.05. The lowest BCUT2D eigenvalue weighted by Crippen LogP contribution is -2.50. The van der Waals surface area contributed by atoms with Crippen molar-refractivity contribution in [2.45, 2.75) is 32.6 Å². The highest BCUT2D eigenvalue weighted by molar-refractivity contribution is 5.80. The number of ether oxygens (including phenoxy) is 1.